The summed E-state index contributed by atoms with van der Waals surface area (Å²) in [4.78, 5) is 14.1. The molecule has 1 amide bonds. The van der Waals surface area contributed by atoms with Crippen LogP contribution in [0.25, 0.3) is 16.8 Å². The van der Waals surface area contributed by atoms with Crippen LogP contribution < -0.4 is 9.47 Å². The summed E-state index contributed by atoms with van der Waals surface area (Å²) in [5.41, 5.74) is 2.98. The largest absolute Gasteiger partial charge is 0.483 e. The van der Waals surface area contributed by atoms with Crippen molar-refractivity contribution in [2.45, 2.75) is 60.0 Å². The number of amides is 1. The predicted molar refractivity (Wildman–Crippen MR) is 124 cm³/mol. The average molecular weight is 408 g/mol. The molecule has 1 atom stereocenters. The van der Waals surface area contributed by atoms with Gasteiger partial charge in [0, 0.05) is 18.7 Å². The molecular weight excluding hydrogens is 374 g/mol. The monoisotopic (exact) mass is 407 g/mol. The fourth-order valence-electron chi connectivity index (χ4n) is 3.81. The molecule has 1 heterocycles. The molecule has 0 saturated heterocycles. The topological polar surface area (TPSA) is 38.8 Å². The Labute approximate surface area is 180 Å². The number of carbonyl (C=O) groups is 1. The molecule has 0 radical (unpaired) electrons. The van der Waals surface area contributed by atoms with E-state index in [0.717, 1.165) is 40.5 Å². The molecule has 0 unspecified atom stereocenters. The number of rotatable bonds is 6. The van der Waals surface area contributed by atoms with Crippen molar-refractivity contribution in [3.05, 3.63) is 53.1 Å². The van der Waals surface area contributed by atoms with Crippen molar-refractivity contribution >= 4 is 22.9 Å². The molecule has 0 N–H and O–H groups in total. The minimum absolute atomic E-state index is 0.314. The van der Waals surface area contributed by atoms with Crippen molar-refractivity contribution in [2.24, 2.45) is 0 Å². The first-order valence-corrected chi connectivity index (χ1v) is 10.8. The summed E-state index contributed by atoms with van der Waals surface area (Å²) in [6.07, 6.45) is 8.14. The van der Waals surface area contributed by atoms with Gasteiger partial charge < -0.3 is 14.4 Å². The standard InChI is InChI=1S/C26H33NO3/c1-7-27(8-2)25(28)29-24-17-22-20(16-19(24)5)11-12-23-21(22)13-15-26(6,30-23)14-9-10-18(3)4/h10-13,15-17H,7-9,14H2,1-6H3/t26-/m1/s1. The first kappa shape index (κ1) is 21.9. The molecule has 1 aliphatic heterocycles. The highest BCUT2D eigenvalue weighted by atomic mass is 16.6. The van der Waals surface area contributed by atoms with E-state index >= 15 is 0 Å². The van der Waals surface area contributed by atoms with E-state index in [1.807, 2.05) is 32.9 Å². The molecule has 0 fully saturated rings. The van der Waals surface area contributed by atoms with Gasteiger partial charge in [-0.25, -0.2) is 4.79 Å². The van der Waals surface area contributed by atoms with E-state index in [0.29, 0.717) is 18.8 Å². The molecule has 0 aromatic heterocycles. The summed E-state index contributed by atoms with van der Waals surface area (Å²) in [6.45, 7) is 13.5. The van der Waals surface area contributed by atoms with Crippen LogP contribution in [0.5, 0.6) is 11.5 Å². The number of carbonyl (C=O) groups excluding carboxylic acids is 1. The maximum Gasteiger partial charge on any atom is 0.415 e. The lowest BCUT2D eigenvalue weighted by atomic mass is 9.92. The summed E-state index contributed by atoms with van der Waals surface area (Å²) < 4.78 is 12.1. The molecule has 3 rings (SSSR count). The van der Waals surface area contributed by atoms with Crippen LogP contribution in [-0.4, -0.2) is 29.7 Å². The van der Waals surface area contributed by atoms with E-state index < -0.39 is 0 Å². The quantitative estimate of drug-likeness (QED) is 0.489. The Morgan fingerprint density at radius 1 is 1.20 bits per heavy atom. The van der Waals surface area contributed by atoms with Gasteiger partial charge in [-0.05, 0) is 95.0 Å². The Kier molecular flexibility index (Phi) is 6.55. The second-order valence-corrected chi connectivity index (χ2v) is 8.42. The molecule has 0 spiro atoms. The predicted octanol–water partition coefficient (Wildman–Crippen LogP) is 6.90. The van der Waals surface area contributed by atoms with Crippen LogP contribution >= 0.6 is 0 Å². The average Bonchev–Trinajstić information content (AvgIpc) is 2.69. The third-order valence-corrected chi connectivity index (χ3v) is 5.67. The Balaban J connectivity index is 1.92. The summed E-state index contributed by atoms with van der Waals surface area (Å²) >= 11 is 0. The molecule has 1 aliphatic rings. The molecule has 2 aromatic rings. The normalized spacial score (nSPS) is 17.3. The van der Waals surface area contributed by atoms with E-state index in [9.17, 15) is 4.79 Å². The lowest BCUT2D eigenvalue weighted by Crippen LogP contribution is -2.33. The summed E-state index contributed by atoms with van der Waals surface area (Å²) in [5, 5.41) is 2.14. The molecule has 2 aromatic carbocycles. The lowest BCUT2D eigenvalue weighted by Gasteiger charge is -2.32. The van der Waals surface area contributed by atoms with Crippen molar-refractivity contribution in [3.8, 4) is 11.5 Å². The second-order valence-electron chi connectivity index (χ2n) is 8.42. The van der Waals surface area contributed by atoms with E-state index in [-0.39, 0.29) is 11.7 Å². The van der Waals surface area contributed by atoms with Crippen LogP contribution in [0, 0.1) is 6.92 Å². The summed E-state index contributed by atoms with van der Waals surface area (Å²) in [5.74, 6) is 1.47. The summed E-state index contributed by atoms with van der Waals surface area (Å²) in [7, 11) is 0. The number of ether oxygens (including phenoxy) is 2. The van der Waals surface area contributed by atoms with E-state index in [1.54, 1.807) is 4.90 Å². The van der Waals surface area contributed by atoms with Gasteiger partial charge in [-0.15, -0.1) is 0 Å². The number of benzene rings is 2. The Morgan fingerprint density at radius 2 is 1.93 bits per heavy atom. The van der Waals surface area contributed by atoms with Gasteiger partial charge in [0.25, 0.3) is 0 Å². The third-order valence-electron chi connectivity index (χ3n) is 5.67. The van der Waals surface area contributed by atoms with Gasteiger partial charge in [0.15, 0.2) is 0 Å². The highest BCUT2D eigenvalue weighted by Gasteiger charge is 2.27. The number of nitrogens with zero attached hydrogens (tertiary/aromatic N) is 1. The molecular formula is C26H33NO3. The van der Waals surface area contributed by atoms with Crippen molar-refractivity contribution in [1.29, 1.82) is 0 Å². The zero-order valence-electron chi connectivity index (χ0n) is 19.0. The van der Waals surface area contributed by atoms with Crippen LogP contribution in [0.15, 0.2) is 42.0 Å². The fraction of sp³-hybridized carbons (Fsp3) is 0.423. The maximum atomic E-state index is 12.4. The fourth-order valence-corrected chi connectivity index (χ4v) is 3.81. The maximum absolute atomic E-state index is 12.4. The van der Waals surface area contributed by atoms with Crippen molar-refractivity contribution in [2.75, 3.05) is 13.1 Å². The first-order valence-electron chi connectivity index (χ1n) is 10.8. The highest BCUT2D eigenvalue weighted by Crippen LogP contribution is 2.39. The van der Waals surface area contributed by atoms with Gasteiger partial charge in [-0.3, -0.25) is 0 Å². The summed E-state index contributed by atoms with van der Waals surface area (Å²) in [6, 6.07) is 8.15. The van der Waals surface area contributed by atoms with Crippen LogP contribution in [0.2, 0.25) is 0 Å². The van der Waals surface area contributed by atoms with Gasteiger partial charge in [0.1, 0.15) is 17.1 Å². The molecule has 30 heavy (non-hydrogen) atoms. The van der Waals surface area contributed by atoms with Gasteiger partial charge >= 0.3 is 6.09 Å². The number of hydrogen-bond donors (Lipinski definition) is 0. The Hall–Kier alpha value is -2.75. The van der Waals surface area contributed by atoms with Gasteiger partial charge in [0.2, 0.25) is 0 Å². The molecule has 0 bridgehead atoms. The van der Waals surface area contributed by atoms with Gasteiger partial charge in [0.05, 0.1) is 0 Å². The smallest absolute Gasteiger partial charge is 0.415 e. The molecule has 4 nitrogen and oxygen atoms in total. The number of hydrogen-bond acceptors (Lipinski definition) is 3. The second kappa shape index (κ2) is 8.95. The minimum Gasteiger partial charge on any atom is -0.483 e. The number of fused-ring (bicyclic) bond motifs is 3. The third kappa shape index (κ3) is 4.69. The molecule has 0 saturated carbocycles. The first-order chi connectivity index (χ1) is 14.3. The molecule has 0 aliphatic carbocycles. The zero-order chi connectivity index (χ0) is 21.9. The number of allylic oxidation sites excluding steroid dienone is 2. The highest BCUT2D eigenvalue weighted by molar-refractivity contribution is 5.95. The van der Waals surface area contributed by atoms with Crippen LogP contribution in [-0.2, 0) is 0 Å². The SMILES string of the molecule is CCN(CC)C(=O)Oc1cc2c3c(ccc2cc1C)O[C@](C)(CCC=C(C)C)C=C3. The van der Waals surface area contributed by atoms with Gasteiger partial charge in [-0.1, -0.05) is 23.8 Å². The van der Waals surface area contributed by atoms with Crippen LogP contribution in [0.4, 0.5) is 4.79 Å². The van der Waals surface area contributed by atoms with Crippen LogP contribution in [0.3, 0.4) is 0 Å². The lowest BCUT2D eigenvalue weighted by molar-refractivity contribution is 0.129. The Morgan fingerprint density at radius 3 is 2.60 bits per heavy atom. The van der Waals surface area contributed by atoms with Gasteiger partial charge in [-0.2, -0.15) is 0 Å². The molecule has 160 valence electrons. The van der Waals surface area contributed by atoms with Crippen LogP contribution in [0.1, 0.15) is 58.6 Å². The molecule has 4 heteroatoms. The zero-order valence-corrected chi connectivity index (χ0v) is 19.0. The minimum atomic E-state index is -0.324. The van der Waals surface area contributed by atoms with E-state index in [2.05, 4.69) is 51.1 Å². The number of aryl methyl sites for hydroxylation is 1. The Bertz CT molecular complexity index is 997. The van der Waals surface area contributed by atoms with Crippen molar-refractivity contribution < 1.29 is 14.3 Å². The van der Waals surface area contributed by atoms with Crippen molar-refractivity contribution in [3.63, 3.8) is 0 Å². The van der Waals surface area contributed by atoms with Crippen molar-refractivity contribution in [1.82, 2.24) is 4.90 Å². The van der Waals surface area contributed by atoms with E-state index in [1.165, 1.54) is 5.57 Å². The van der Waals surface area contributed by atoms with E-state index in [4.69, 9.17) is 9.47 Å².